The predicted molar refractivity (Wildman–Crippen MR) is 115 cm³/mol. The molecule has 3 rings (SSSR count). The zero-order chi connectivity index (χ0) is 20.5. The van der Waals surface area contributed by atoms with E-state index in [-0.39, 0.29) is 11.8 Å². The summed E-state index contributed by atoms with van der Waals surface area (Å²) >= 11 is 8.75. The van der Waals surface area contributed by atoms with Crippen LogP contribution in [0.15, 0.2) is 29.6 Å². The second-order valence-corrected chi connectivity index (χ2v) is 9.37. The lowest BCUT2D eigenvalue weighted by molar-refractivity contribution is -0.123. The Morgan fingerprint density at radius 3 is 2.46 bits per heavy atom. The number of aryl methyl sites for hydroxylation is 1. The Labute approximate surface area is 176 Å². The van der Waals surface area contributed by atoms with E-state index in [4.69, 9.17) is 11.6 Å². The highest BCUT2D eigenvalue weighted by Gasteiger charge is 2.23. The number of nitrogens with one attached hydrogen (secondary N) is 2. The van der Waals surface area contributed by atoms with Crippen LogP contribution in [0, 0.1) is 12.3 Å². The molecule has 28 heavy (non-hydrogen) atoms. The minimum atomic E-state index is -0.498. The number of nitrogens with zero attached hydrogens (tertiary/aromatic N) is 2. The molecule has 0 bridgehead atoms. The minimum Gasteiger partial charge on any atom is -0.302 e. The molecular weight excluding hydrogens is 416 g/mol. The average Bonchev–Trinajstić information content (AvgIpc) is 3.20. The van der Waals surface area contributed by atoms with Crippen LogP contribution in [0.25, 0.3) is 10.6 Å². The zero-order valence-electron chi connectivity index (χ0n) is 15.8. The number of carbonyl (C=O) groups is 2. The van der Waals surface area contributed by atoms with Gasteiger partial charge in [0.15, 0.2) is 10.3 Å². The van der Waals surface area contributed by atoms with Crippen molar-refractivity contribution in [2.45, 2.75) is 27.7 Å². The molecule has 0 aliphatic heterocycles. The van der Waals surface area contributed by atoms with Crippen molar-refractivity contribution in [3.8, 4) is 10.6 Å². The molecule has 0 saturated heterocycles. The van der Waals surface area contributed by atoms with Gasteiger partial charge in [0.2, 0.25) is 5.91 Å². The number of carbonyl (C=O) groups excluding carboxylic acids is 2. The Kier molecular flexibility index (Phi) is 5.83. The van der Waals surface area contributed by atoms with Gasteiger partial charge in [0, 0.05) is 10.8 Å². The zero-order valence-corrected chi connectivity index (χ0v) is 18.2. The fourth-order valence-electron chi connectivity index (χ4n) is 2.22. The third-order valence-corrected chi connectivity index (χ3v) is 5.96. The van der Waals surface area contributed by atoms with Crippen molar-refractivity contribution >= 4 is 56.4 Å². The first kappa shape index (κ1) is 20.4. The molecule has 146 valence electrons. The van der Waals surface area contributed by atoms with Crippen LogP contribution in [-0.4, -0.2) is 21.8 Å². The van der Waals surface area contributed by atoms with Gasteiger partial charge in [-0.3, -0.25) is 14.9 Å². The van der Waals surface area contributed by atoms with Gasteiger partial charge in [-0.1, -0.05) is 55.8 Å². The summed E-state index contributed by atoms with van der Waals surface area (Å²) in [6.45, 7) is 7.39. The highest BCUT2D eigenvalue weighted by Crippen LogP contribution is 2.35. The van der Waals surface area contributed by atoms with Gasteiger partial charge in [0.25, 0.3) is 5.91 Å². The van der Waals surface area contributed by atoms with E-state index in [1.54, 1.807) is 24.3 Å². The molecule has 0 saturated carbocycles. The Balaban J connectivity index is 1.77. The van der Waals surface area contributed by atoms with Crippen molar-refractivity contribution in [3.63, 3.8) is 0 Å². The van der Waals surface area contributed by atoms with Gasteiger partial charge in [0.1, 0.15) is 0 Å². The summed E-state index contributed by atoms with van der Waals surface area (Å²) in [6, 6.07) is 6.84. The summed E-state index contributed by atoms with van der Waals surface area (Å²) in [6.07, 6.45) is 0. The normalized spacial score (nSPS) is 11.3. The van der Waals surface area contributed by atoms with Crippen molar-refractivity contribution in [2.24, 2.45) is 5.41 Å². The average molecular weight is 435 g/mol. The fourth-order valence-corrected chi connectivity index (χ4v) is 4.13. The van der Waals surface area contributed by atoms with Gasteiger partial charge >= 0.3 is 0 Å². The van der Waals surface area contributed by atoms with Crippen LogP contribution in [0.5, 0.6) is 0 Å². The van der Waals surface area contributed by atoms with Crippen LogP contribution in [-0.2, 0) is 4.79 Å². The largest absolute Gasteiger partial charge is 0.302 e. The number of hydrogen-bond acceptors (Lipinski definition) is 6. The summed E-state index contributed by atoms with van der Waals surface area (Å²) in [5, 5.41) is 8.84. The molecule has 6 nitrogen and oxygen atoms in total. The predicted octanol–water partition coefficient (Wildman–Crippen LogP) is 5.47. The van der Waals surface area contributed by atoms with Gasteiger partial charge in [-0.25, -0.2) is 9.97 Å². The van der Waals surface area contributed by atoms with Crippen LogP contribution in [0.3, 0.4) is 0 Å². The number of benzene rings is 1. The number of halogens is 1. The molecule has 0 atom stereocenters. The van der Waals surface area contributed by atoms with E-state index in [2.05, 4.69) is 20.6 Å². The van der Waals surface area contributed by atoms with E-state index < -0.39 is 5.41 Å². The van der Waals surface area contributed by atoms with Crippen LogP contribution >= 0.6 is 34.3 Å². The molecule has 0 spiro atoms. The quantitative estimate of drug-likeness (QED) is 0.570. The second-order valence-electron chi connectivity index (χ2n) is 7.11. The Morgan fingerprint density at radius 1 is 1.07 bits per heavy atom. The molecule has 0 fully saturated rings. The van der Waals surface area contributed by atoms with E-state index in [9.17, 15) is 9.59 Å². The fraction of sp³-hybridized carbons (Fsp3) is 0.263. The van der Waals surface area contributed by atoms with Gasteiger partial charge in [0.05, 0.1) is 26.9 Å². The van der Waals surface area contributed by atoms with Crippen molar-refractivity contribution in [2.75, 3.05) is 10.6 Å². The maximum absolute atomic E-state index is 12.4. The van der Waals surface area contributed by atoms with E-state index in [1.807, 2.05) is 33.1 Å². The van der Waals surface area contributed by atoms with E-state index >= 15 is 0 Å². The maximum atomic E-state index is 12.4. The molecule has 2 aromatic heterocycles. The second kappa shape index (κ2) is 7.98. The smallest absolute Gasteiger partial charge is 0.258 e. The van der Waals surface area contributed by atoms with Crippen LogP contribution in [0.1, 0.15) is 36.8 Å². The summed E-state index contributed by atoms with van der Waals surface area (Å²) in [7, 11) is 0. The van der Waals surface area contributed by atoms with E-state index in [0.29, 0.717) is 26.5 Å². The molecule has 1 aromatic carbocycles. The van der Waals surface area contributed by atoms with Crippen molar-refractivity contribution in [1.29, 1.82) is 0 Å². The number of amides is 2. The summed E-state index contributed by atoms with van der Waals surface area (Å²) in [5.74, 6) is -0.413. The Bertz CT molecular complexity index is 1040. The third-order valence-electron chi connectivity index (χ3n) is 3.77. The topological polar surface area (TPSA) is 84.0 Å². The van der Waals surface area contributed by atoms with Gasteiger partial charge < -0.3 is 5.32 Å². The molecule has 0 unspecified atom stereocenters. The lowest BCUT2D eigenvalue weighted by Crippen LogP contribution is -2.27. The number of aromatic nitrogens is 2. The molecular formula is C19H19ClN4O2S2. The minimum absolute atomic E-state index is 0.0953. The first-order chi connectivity index (χ1) is 13.1. The lowest BCUT2D eigenvalue weighted by atomic mass is 9.96. The molecule has 3 aromatic rings. The van der Waals surface area contributed by atoms with Crippen LogP contribution < -0.4 is 10.6 Å². The molecule has 0 aliphatic rings. The molecule has 2 amide bonds. The number of hydrogen-bond donors (Lipinski definition) is 2. The molecule has 2 N–H and O–H groups in total. The monoisotopic (exact) mass is 434 g/mol. The van der Waals surface area contributed by atoms with Crippen molar-refractivity contribution in [3.05, 3.63) is 45.9 Å². The third kappa shape index (κ3) is 4.57. The van der Waals surface area contributed by atoms with Gasteiger partial charge in [-0.05, 0) is 19.1 Å². The van der Waals surface area contributed by atoms with Crippen LogP contribution in [0.4, 0.5) is 10.3 Å². The van der Waals surface area contributed by atoms with Crippen LogP contribution in [0.2, 0.25) is 5.02 Å². The molecule has 0 radical (unpaired) electrons. The molecule has 9 heteroatoms. The highest BCUT2D eigenvalue weighted by atomic mass is 35.5. The standard InChI is InChI=1S/C19H19ClN4O2S2/c1-10-14(13-9-27-17(22-13)24-16(26)19(2,3)4)28-18(21-10)23-15(25)11-7-5-6-8-12(11)20/h5-9H,1-4H3,(H,21,23,25)(H,22,24,26). The van der Waals surface area contributed by atoms with E-state index in [1.165, 1.54) is 22.7 Å². The maximum Gasteiger partial charge on any atom is 0.258 e. The van der Waals surface area contributed by atoms with Crippen molar-refractivity contribution in [1.82, 2.24) is 9.97 Å². The lowest BCUT2D eigenvalue weighted by Gasteiger charge is -2.15. The number of anilines is 2. The Morgan fingerprint density at radius 2 is 1.79 bits per heavy atom. The summed E-state index contributed by atoms with van der Waals surface area (Å²) in [4.78, 5) is 34.3. The number of rotatable bonds is 4. The highest BCUT2D eigenvalue weighted by molar-refractivity contribution is 7.20. The first-order valence-electron chi connectivity index (χ1n) is 8.46. The molecule has 2 heterocycles. The Hall–Kier alpha value is -2.29. The summed E-state index contributed by atoms with van der Waals surface area (Å²) < 4.78 is 0. The van der Waals surface area contributed by atoms with Gasteiger partial charge in [-0.15, -0.1) is 11.3 Å². The van der Waals surface area contributed by atoms with E-state index in [0.717, 1.165) is 10.6 Å². The molecule has 0 aliphatic carbocycles. The first-order valence-corrected chi connectivity index (χ1v) is 10.5. The van der Waals surface area contributed by atoms with Crippen molar-refractivity contribution < 1.29 is 9.59 Å². The van der Waals surface area contributed by atoms with Gasteiger partial charge in [-0.2, -0.15) is 0 Å². The summed E-state index contributed by atoms with van der Waals surface area (Å²) in [5.41, 5.74) is 1.35. The SMILES string of the molecule is Cc1nc(NC(=O)c2ccccc2Cl)sc1-c1csc(NC(=O)C(C)(C)C)n1. The number of thiazole rings is 2.